The van der Waals surface area contributed by atoms with Gasteiger partial charge < -0.3 is 11.1 Å². The maximum absolute atomic E-state index is 13.0. The number of hydrogen-bond donors (Lipinski definition) is 2. The standard InChI is InChI=1S/C13H15FN2OS/c1-2-10(15)7-16-13(17)12-5-8-3-4-9(14)6-11(8)18-12/h3-6,10H,2,7,15H2,1H3,(H,16,17). The third-order valence-corrected chi connectivity index (χ3v) is 3.85. The Morgan fingerprint density at radius 3 is 3.00 bits per heavy atom. The molecule has 2 aromatic rings. The molecule has 0 bridgehead atoms. The summed E-state index contributed by atoms with van der Waals surface area (Å²) in [4.78, 5) is 12.5. The first kappa shape index (κ1) is 13.0. The van der Waals surface area contributed by atoms with E-state index in [1.165, 1.54) is 23.5 Å². The van der Waals surface area contributed by atoms with Gasteiger partial charge in [-0.25, -0.2) is 4.39 Å². The Bertz CT molecular complexity index is 567. The molecule has 18 heavy (non-hydrogen) atoms. The molecule has 1 aromatic heterocycles. The molecule has 1 aromatic carbocycles. The second kappa shape index (κ2) is 5.46. The second-order valence-corrected chi connectivity index (χ2v) is 5.25. The number of nitrogens with one attached hydrogen (secondary N) is 1. The number of fused-ring (bicyclic) bond motifs is 1. The monoisotopic (exact) mass is 266 g/mol. The number of carbonyl (C=O) groups excluding carboxylic acids is 1. The Hall–Kier alpha value is -1.46. The third kappa shape index (κ3) is 2.86. The minimum absolute atomic E-state index is 0.0271. The van der Waals surface area contributed by atoms with Crippen LogP contribution < -0.4 is 11.1 Å². The van der Waals surface area contributed by atoms with Crippen molar-refractivity contribution in [2.24, 2.45) is 5.73 Å². The molecule has 2 rings (SSSR count). The summed E-state index contributed by atoms with van der Waals surface area (Å²) >= 11 is 1.29. The molecule has 1 unspecified atom stereocenters. The van der Waals surface area contributed by atoms with E-state index < -0.39 is 0 Å². The number of hydrogen-bond acceptors (Lipinski definition) is 3. The lowest BCUT2D eigenvalue weighted by atomic mass is 10.2. The average molecular weight is 266 g/mol. The summed E-state index contributed by atoms with van der Waals surface area (Å²) in [6, 6.07) is 6.25. The molecule has 1 amide bonds. The second-order valence-electron chi connectivity index (χ2n) is 4.17. The number of benzene rings is 1. The van der Waals surface area contributed by atoms with Gasteiger partial charge in [-0.05, 0) is 30.0 Å². The topological polar surface area (TPSA) is 55.1 Å². The van der Waals surface area contributed by atoms with Crippen molar-refractivity contribution in [3.8, 4) is 0 Å². The maximum atomic E-state index is 13.0. The summed E-state index contributed by atoms with van der Waals surface area (Å²) in [7, 11) is 0. The smallest absolute Gasteiger partial charge is 0.261 e. The van der Waals surface area contributed by atoms with Gasteiger partial charge in [0.1, 0.15) is 5.82 Å². The van der Waals surface area contributed by atoms with Gasteiger partial charge >= 0.3 is 0 Å². The fraction of sp³-hybridized carbons (Fsp3) is 0.308. The lowest BCUT2D eigenvalue weighted by Gasteiger charge is -2.08. The van der Waals surface area contributed by atoms with Crippen LogP contribution in [0, 0.1) is 5.82 Å². The molecule has 1 heterocycles. The van der Waals surface area contributed by atoms with Crippen LogP contribution in [0.3, 0.4) is 0 Å². The molecule has 0 radical (unpaired) electrons. The molecular weight excluding hydrogens is 251 g/mol. The molecule has 0 saturated carbocycles. The first-order valence-corrected chi connectivity index (χ1v) is 6.64. The fourth-order valence-corrected chi connectivity index (χ4v) is 2.58. The van der Waals surface area contributed by atoms with Gasteiger partial charge in [-0.2, -0.15) is 0 Å². The van der Waals surface area contributed by atoms with Crippen LogP contribution in [0.5, 0.6) is 0 Å². The van der Waals surface area contributed by atoms with E-state index in [0.717, 1.165) is 16.5 Å². The van der Waals surface area contributed by atoms with Crippen LogP contribution >= 0.6 is 11.3 Å². The molecule has 0 aliphatic carbocycles. The molecule has 0 aliphatic heterocycles. The molecule has 96 valence electrons. The number of halogens is 1. The van der Waals surface area contributed by atoms with Crippen LogP contribution in [-0.4, -0.2) is 18.5 Å². The van der Waals surface area contributed by atoms with Crippen molar-refractivity contribution in [2.75, 3.05) is 6.54 Å². The van der Waals surface area contributed by atoms with Gasteiger partial charge in [0.2, 0.25) is 0 Å². The molecule has 0 aliphatic rings. The van der Waals surface area contributed by atoms with Gasteiger partial charge in [0.15, 0.2) is 0 Å². The summed E-state index contributed by atoms with van der Waals surface area (Å²) in [5.74, 6) is -0.440. The summed E-state index contributed by atoms with van der Waals surface area (Å²) in [5, 5.41) is 3.66. The average Bonchev–Trinajstić information content (AvgIpc) is 2.78. The van der Waals surface area contributed by atoms with Crippen molar-refractivity contribution in [1.82, 2.24) is 5.32 Å². The number of amides is 1. The highest BCUT2D eigenvalue weighted by molar-refractivity contribution is 7.20. The Labute approximate surface area is 109 Å². The number of rotatable bonds is 4. The molecule has 0 spiro atoms. The van der Waals surface area contributed by atoms with Gasteiger partial charge in [0.05, 0.1) is 4.88 Å². The fourth-order valence-electron chi connectivity index (χ4n) is 1.57. The van der Waals surface area contributed by atoms with Gasteiger partial charge in [-0.3, -0.25) is 4.79 Å². The highest BCUT2D eigenvalue weighted by Gasteiger charge is 2.11. The van der Waals surface area contributed by atoms with E-state index in [0.29, 0.717) is 11.4 Å². The molecular formula is C13H15FN2OS. The van der Waals surface area contributed by atoms with Gasteiger partial charge in [-0.1, -0.05) is 13.0 Å². The lowest BCUT2D eigenvalue weighted by molar-refractivity contribution is 0.0955. The zero-order chi connectivity index (χ0) is 13.1. The zero-order valence-electron chi connectivity index (χ0n) is 10.1. The van der Waals surface area contributed by atoms with Crippen LogP contribution in [0.15, 0.2) is 24.3 Å². The maximum Gasteiger partial charge on any atom is 0.261 e. The van der Waals surface area contributed by atoms with Crippen molar-refractivity contribution in [3.63, 3.8) is 0 Å². The van der Waals surface area contributed by atoms with Crippen LogP contribution in [0.2, 0.25) is 0 Å². The zero-order valence-corrected chi connectivity index (χ0v) is 10.9. The van der Waals surface area contributed by atoms with Crippen molar-refractivity contribution >= 4 is 27.3 Å². The van der Waals surface area contributed by atoms with Gasteiger partial charge in [0.25, 0.3) is 5.91 Å². The van der Waals surface area contributed by atoms with Gasteiger partial charge in [0, 0.05) is 17.3 Å². The molecule has 1 atom stereocenters. The number of carbonyl (C=O) groups is 1. The van der Waals surface area contributed by atoms with Crippen LogP contribution in [-0.2, 0) is 0 Å². The van der Waals surface area contributed by atoms with E-state index in [9.17, 15) is 9.18 Å². The molecule has 3 N–H and O–H groups in total. The van der Waals surface area contributed by atoms with Crippen LogP contribution in [0.1, 0.15) is 23.0 Å². The van der Waals surface area contributed by atoms with E-state index in [1.807, 2.05) is 6.92 Å². The Kier molecular flexibility index (Phi) is 3.93. The minimum atomic E-state index is -0.288. The quantitative estimate of drug-likeness (QED) is 0.893. The Balaban J connectivity index is 2.13. The highest BCUT2D eigenvalue weighted by atomic mass is 32.1. The first-order chi connectivity index (χ1) is 8.60. The Morgan fingerprint density at radius 1 is 1.50 bits per heavy atom. The molecule has 0 fully saturated rings. The molecule has 3 nitrogen and oxygen atoms in total. The highest BCUT2D eigenvalue weighted by Crippen LogP contribution is 2.26. The van der Waals surface area contributed by atoms with Gasteiger partial charge in [-0.15, -0.1) is 11.3 Å². The van der Waals surface area contributed by atoms with Crippen LogP contribution in [0.25, 0.3) is 10.1 Å². The molecule has 0 saturated heterocycles. The van der Waals surface area contributed by atoms with Crippen molar-refractivity contribution < 1.29 is 9.18 Å². The number of thiophene rings is 1. The largest absolute Gasteiger partial charge is 0.350 e. The summed E-state index contributed by atoms with van der Waals surface area (Å²) < 4.78 is 13.8. The third-order valence-electron chi connectivity index (χ3n) is 2.76. The summed E-state index contributed by atoms with van der Waals surface area (Å²) in [5.41, 5.74) is 5.73. The first-order valence-electron chi connectivity index (χ1n) is 5.83. The normalized spacial score (nSPS) is 12.6. The molecule has 5 heteroatoms. The predicted molar refractivity (Wildman–Crippen MR) is 72.4 cm³/mol. The van der Waals surface area contributed by atoms with Crippen molar-refractivity contribution in [1.29, 1.82) is 0 Å². The summed E-state index contributed by atoms with van der Waals surface area (Å²) in [6.45, 7) is 2.43. The minimum Gasteiger partial charge on any atom is -0.350 e. The van der Waals surface area contributed by atoms with E-state index in [-0.39, 0.29) is 17.8 Å². The van der Waals surface area contributed by atoms with Crippen molar-refractivity contribution in [2.45, 2.75) is 19.4 Å². The summed E-state index contributed by atoms with van der Waals surface area (Å²) in [6.07, 6.45) is 0.817. The van der Waals surface area contributed by atoms with E-state index in [1.54, 1.807) is 12.1 Å². The SMILES string of the molecule is CCC(N)CNC(=O)c1cc2ccc(F)cc2s1. The van der Waals surface area contributed by atoms with E-state index in [4.69, 9.17) is 5.73 Å². The predicted octanol–water partition coefficient (Wildman–Crippen LogP) is 2.51. The van der Waals surface area contributed by atoms with Crippen LogP contribution in [0.4, 0.5) is 4.39 Å². The van der Waals surface area contributed by atoms with Crippen molar-refractivity contribution in [3.05, 3.63) is 35.0 Å². The lowest BCUT2D eigenvalue weighted by Crippen LogP contribution is -2.36. The van der Waals surface area contributed by atoms with E-state index >= 15 is 0 Å². The number of nitrogens with two attached hydrogens (primary N) is 1. The van der Waals surface area contributed by atoms with E-state index in [2.05, 4.69) is 5.32 Å². The Morgan fingerprint density at radius 2 is 2.28 bits per heavy atom.